The number of carbonyl (C=O) groups excluding carboxylic acids is 5. The third-order valence-electron chi connectivity index (χ3n) is 9.52. The van der Waals surface area contributed by atoms with Gasteiger partial charge in [0.2, 0.25) is 0 Å². The van der Waals surface area contributed by atoms with Gasteiger partial charge in [-0.2, -0.15) is 0 Å². The lowest BCUT2D eigenvalue weighted by atomic mass is 9.52. The zero-order valence-electron chi connectivity index (χ0n) is 26.2. The van der Waals surface area contributed by atoms with Crippen LogP contribution in [0.1, 0.15) is 75.2 Å². The molecular formula is C30H44O13. The highest BCUT2D eigenvalue weighted by Gasteiger charge is 2.73. The van der Waals surface area contributed by atoms with E-state index in [0.717, 1.165) is 20.8 Å². The van der Waals surface area contributed by atoms with Crippen LogP contribution < -0.4 is 0 Å². The molecule has 0 unspecified atom stereocenters. The van der Waals surface area contributed by atoms with E-state index in [1.807, 2.05) is 0 Å². The van der Waals surface area contributed by atoms with Crippen LogP contribution in [-0.4, -0.2) is 94.0 Å². The van der Waals surface area contributed by atoms with Gasteiger partial charge in [0.15, 0.2) is 12.2 Å². The predicted octanol–water partition coefficient (Wildman–Crippen LogP) is 1.13. The van der Waals surface area contributed by atoms with Gasteiger partial charge in [-0.1, -0.05) is 6.92 Å². The highest BCUT2D eigenvalue weighted by atomic mass is 16.6. The Kier molecular flexibility index (Phi) is 9.75. The number of ether oxygens (including phenoxy) is 5. The summed E-state index contributed by atoms with van der Waals surface area (Å²) in [6.45, 7) is 11.5. The Morgan fingerprint density at radius 3 is 1.86 bits per heavy atom. The Morgan fingerprint density at radius 1 is 0.860 bits per heavy atom. The van der Waals surface area contributed by atoms with Crippen LogP contribution in [0.5, 0.6) is 0 Å². The summed E-state index contributed by atoms with van der Waals surface area (Å²) in [7, 11) is 0. The van der Waals surface area contributed by atoms with Crippen molar-refractivity contribution in [3.05, 3.63) is 11.1 Å². The van der Waals surface area contributed by atoms with Crippen LogP contribution in [0.15, 0.2) is 11.1 Å². The Hall–Kier alpha value is -3.03. The maximum Gasteiger partial charge on any atom is 0.303 e. The third kappa shape index (κ3) is 6.03. The molecule has 3 rings (SSSR count). The first-order valence-corrected chi connectivity index (χ1v) is 14.3. The minimum absolute atomic E-state index is 0.147. The van der Waals surface area contributed by atoms with E-state index >= 15 is 0 Å². The van der Waals surface area contributed by atoms with Crippen molar-refractivity contribution >= 4 is 29.8 Å². The standard InChI is InChI=1S/C30H44O13/c1-13-20(36)11-30(28(7,8)38)23(13)25(42-17(5)34)27(43-18(6)35)29(9)22(41-16(4)33)10-21(40-15(3)32)19(12-39-14(2)31)24(29)26(30)37/h19-22,24-27,36-38H,10-12H2,1-9H3/t19-,20+,21+,22+,24+,25-,26+,27+,29-,30+/m1/s1. The molecule has 0 heterocycles. The van der Waals surface area contributed by atoms with Crippen molar-refractivity contribution in [1.82, 2.24) is 0 Å². The maximum absolute atomic E-state index is 12.7. The highest BCUT2D eigenvalue weighted by Crippen LogP contribution is 2.65. The maximum atomic E-state index is 12.7. The molecule has 2 fully saturated rings. The van der Waals surface area contributed by atoms with Gasteiger partial charge in [0.1, 0.15) is 12.2 Å². The lowest BCUT2D eigenvalue weighted by molar-refractivity contribution is -0.244. The molecule has 3 N–H and O–H groups in total. The fourth-order valence-corrected chi connectivity index (χ4v) is 7.89. The molecule has 13 heteroatoms. The molecule has 0 radical (unpaired) electrons. The highest BCUT2D eigenvalue weighted by molar-refractivity contribution is 5.69. The van der Waals surface area contributed by atoms with Crippen molar-refractivity contribution in [3.8, 4) is 0 Å². The average molecular weight is 613 g/mol. The summed E-state index contributed by atoms with van der Waals surface area (Å²) in [6, 6.07) is 0. The predicted molar refractivity (Wildman–Crippen MR) is 147 cm³/mol. The molecule has 3 aliphatic carbocycles. The van der Waals surface area contributed by atoms with E-state index in [0.29, 0.717) is 5.57 Å². The molecule has 13 nitrogen and oxygen atoms in total. The first-order valence-electron chi connectivity index (χ1n) is 14.3. The first kappa shape index (κ1) is 34.5. The fourth-order valence-electron chi connectivity index (χ4n) is 7.89. The van der Waals surface area contributed by atoms with Crippen LogP contribution in [0, 0.1) is 22.7 Å². The van der Waals surface area contributed by atoms with Gasteiger partial charge >= 0.3 is 29.8 Å². The third-order valence-corrected chi connectivity index (χ3v) is 9.52. The summed E-state index contributed by atoms with van der Waals surface area (Å²) in [6.07, 6.45) is -8.37. The normalized spacial score (nSPS) is 37.3. The minimum Gasteiger partial charge on any atom is -0.465 e. The lowest BCUT2D eigenvalue weighted by Crippen LogP contribution is -2.66. The molecule has 0 spiro atoms. The Bertz CT molecular complexity index is 1180. The molecule has 0 amide bonds. The quantitative estimate of drug-likeness (QED) is 0.211. The van der Waals surface area contributed by atoms with Gasteiger partial charge in [-0.15, -0.1) is 0 Å². The molecule has 43 heavy (non-hydrogen) atoms. The monoisotopic (exact) mass is 612 g/mol. The van der Waals surface area contributed by atoms with Crippen molar-refractivity contribution in [2.24, 2.45) is 22.7 Å². The lowest BCUT2D eigenvalue weighted by Gasteiger charge is -2.57. The fraction of sp³-hybridized carbons (Fsp3) is 0.767. The molecule has 0 aromatic heterocycles. The van der Waals surface area contributed by atoms with Gasteiger partial charge in [0.25, 0.3) is 0 Å². The van der Waals surface area contributed by atoms with Gasteiger partial charge in [0.05, 0.1) is 35.2 Å². The smallest absolute Gasteiger partial charge is 0.303 e. The van der Waals surface area contributed by atoms with Crippen molar-refractivity contribution < 1.29 is 63.0 Å². The number of hydrogen-bond acceptors (Lipinski definition) is 13. The number of aliphatic hydroxyl groups excluding tert-OH is 2. The van der Waals surface area contributed by atoms with E-state index in [1.165, 1.54) is 27.7 Å². The van der Waals surface area contributed by atoms with Gasteiger partial charge in [-0.25, -0.2) is 0 Å². The van der Waals surface area contributed by atoms with Crippen molar-refractivity contribution in [1.29, 1.82) is 0 Å². The molecule has 2 saturated carbocycles. The second-order valence-corrected chi connectivity index (χ2v) is 12.7. The summed E-state index contributed by atoms with van der Waals surface area (Å²) in [5, 5.41) is 35.7. The summed E-state index contributed by atoms with van der Waals surface area (Å²) in [5.41, 5.74) is -4.68. The molecule has 0 aliphatic heterocycles. The van der Waals surface area contributed by atoms with Crippen LogP contribution >= 0.6 is 0 Å². The van der Waals surface area contributed by atoms with Crippen LogP contribution in [-0.2, 0) is 47.7 Å². The van der Waals surface area contributed by atoms with Crippen molar-refractivity contribution in [3.63, 3.8) is 0 Å². The Labute approximate surface area is 250 Å². The van der Waals surface area contributed by atoms with Gasteiger partial charge in [-0.3, -0.25) is 24.0 Å². The van der Waals surface area contributed by atoms with Gasteiger partial charge in [-0.05, 0) is 38.3 Å². The molecule has 10 atom stereocenters. The van der Waals surface area contributed by atoms with Gasteiger partial charge in [0, 0.05) is 52.9 Å². The largest absolute Gasteiger partial charge is 0.465 e. The van der Waals surface area contributed by atoms with Crippen LogP contribution in [0.4, 0.5) is 0 Å². The zero-order valence-corrected chi connectivity index (χ0v) is 26.2. The first-order chi connectivity index (χ1) is 19.7. The molecular weight excluding hydrogens is 568 g/mol. The van der Waals surface area contributed by atoms with E-state index < -0.39 is 94.7 Å². The number of hydrogen-bond donors (Lipinski definition) is 3. The van der Waals surface area contributed by atoms with Crippen molar-refractivity contribution in [2.75, 3.05) is 6.61 Å². The molecule has 0 saturated heterocycles. The van der Waals surface area contributed by atoms with E-state index in [1.54, 1.807) is 13.8 Å². The van der Waals surface area contributed by atoms with Crippen LogP contribution in [0.25, 0.3) is 0 Å². The van der Waals surface area contributed by atoms with E-state index in [2.05, 4.69) is 0 Å². The number of fused-ring (bicyclic) bond motifs is 2. The Morgan fingerprint density at radius 2 is 1.40 bits per heavy atom. The topological polar surface area (TPSA) is 192 Å². The second-order valence-electron chi connectivity index (χ2n) is 12.7. The average Bonchev–Trinajstić information content (AvgIpc) is 3.08. The van der Waals surface area contributed by atoms with E-state index in [4.69, 9.17) is 23.7 Å². The minimum atomic E-state index is -1.80. The number of rotatable bonds is 7. The number of carbonyl (C=O) groups is 5. The van der Waals surface area contributed by atoms with Gasteiger partial charge < -0.3 is 39.0 Å². The number of esters is 5. The molecule has 0 aromatic carbocycles. The van der Waals surface area contributed by atoms with Crippen LogP contribution in [0.2, 0.25) is 0 Å². The van der Waals surface area contributed by atoms with Crippen LogP contribution in [0.3, 0.4) is 0 Å². The molecule has 242 valence electrons. The summed E-state index contributed by atoms with van der Waals surface area (Å²) < 4.78 is 28.7. The second kappa shape index (κ2) is 12.2. The Balaban J connectivity index is 2.53. The summed E-state index contributed by atoms with van der Waals surface area (Å²) in [4.78, 5) is 62.1. The van der Waals surface area contributed by atoms with E-state index in [9.17, 15) is 39.3 Å². The SMILES string of the molecule is CC(=O)OC[C@H]1[C@H]2[C@H](O)[C@]3(C(C)(C)O)C[C@H](O)C(C)=C3[C@@H](OC(C)=O)[C@H](OC(C)=O)[C@]2(C)[C@@H](OC(C)=O)C[C@@H]1OC(C)=O. The summed E-state index contributed by atoms with van der Waals surface area (Å²) >= 11 is 0. The molecule has 0 aromatic rings. The van der Waals surface area contributed by atoms with Crippen molar-refractivity contribution in [2.45, 2.75) is 117 Å². The number of aliphatic hydroxyl groups is 3. The zero-order chi connectivity index (χ0) is 32.8. The molecule has 3 aliphatic rings. The summed E-state index contributed by atoms with van der Waals surface area (Å²) in [5.74, 6) is -5.84. The van der Waals surface area contributed by atoms with E-state index in [-0.39, 0.29) is 25.0 Å². The molecule has 0 bridgehead atoms.